The Morgan fingerprint density at radius 1 is 1.53 bits per heavy atom. The molecular weight excluding hydrogens is 208 g/mol. The molecule has 0 bridgehead atoms. The van der Waals surface area contributed by atoms with Crippen LogP contribution in [0, 0.1) is 28.6 Å². The lowest BCUT2D eigenvalue weighted by Crippen LogP contribution is -2.12. The van der Waals surface area contributed by atoms with E-state index in [4.69, 9.17) is 10.5 Å². The predicted molar refractivity (Wildman–Crippen MR) is 59.3 cm³/mol. The molecule has 0 N–H and O–H groups in total. The van der Waals surface area contributed by atoms with Crippen LogP contribution < -0.4 is 0 Å². The van der Waals surface area contributed by atoms with Gasteiger partial charge in [0.15, 0.2) is 11.4 Å². The SMILES string of the molecule is CCC(CS)Cn1cnc(C#N)c1C#N. The monoisotopic (exact) mass is 220 g/mol. The van der Waals surface area contributed by atoms with Gasteiger partial charge in [-0.3, -0.25) is 0 Å². The lowest BCUT2D eigenvalue weighted by molar-refractivity contribution is 0.474. The van der Waals surface area contributed by atoms with E-state index in [1.807, 2.05) is 12.1 Å². The van der Waals surface area contributed by atoms with Crippen molar-refractivity contribution in [2.24, 2.45) is 5.92 Å². The smallest absolute Gasteiger partial charge is 0.176 e. The van der Waals surface area contributed by atoms with Crippen molar-refractivity contribution in [2.75, 3.05) is 5.75 Å². The fourth-order valence-electron chi connectivity index (χ4n) is 1.31. The average molecular weight is 220 g/mol. The van der Waals surface area contributed by atoms with Crippen molar-refractivity contribution in [2.45, 2.75) is 19.9 Å². The van der Waals surface area contributed by atoms with E-state index in [1.165, 1.54) is 0 Å². The Hall–Kier alpha value is -1.46. The van der Waals surface area contributed by atoms with Crippen LogP contribution in [-0.2, 0) is 6.54 Å². The van der Waals surface area contributed by atoms with Crippen LogP contribution in [0.4, 0.5) is 0 Å². The Morgan fingerprint density at radius 2 is 2.27 bits per heavy atom. The molecule has 0 amide bonds. The van der Waals surface area contributed by atoms with Gasteiger partial charge < -0.3 is 4.57 Å². The first kappa shape index (κ1) is 11.6. The van der Waals surface area contributed by atoms with Gasteiger partial charge in [-0.25, -0.2) is 4.98 Å². The molecule has 0 saturated heterocycles. The molecule has 0 fully saturated rings. The Bertz CT molecular complexity index is 406. The molecule has 1 heterocycles. The molecule has 1 rings (SSSR count). The third-order valence-corrected chi connectivity index (χ3v) is 2.86. The van der Waals surface area contributed by atoms with E-state index in [-0.39, 0.29) is 5.69 Å². The van der Waals surface area contributed by atoms with Gasteiger partial charge in [0, 0.05) is 6.54 Å². The molecule has 78 valence electrons. The fraction of sp³-hybridized carbons (Fsp3) is 0.500. The van der Waals surface area contributed by atoms with E-state index < -0.39 is 0 Å². The summed E-state index contributed by atoms with van der Waals surface area (Å²) in [6.07, 6.45) is 2.54. The first-order valence-corrected chi connectivity index (χ1v) is 5.36. The Morgan fingerprint density at radius 3 is 2.73 bits per heavy atom. The van der Waals surface area contributed by atoms with Gasteiger partial charge in [-0.2, -0.15) is 23.2 Å². The summed E-state index contributed by atoms with van der Waals surface area (Å²) in [5.41, 5.74) is 0.546. The zero-order valence-corrected chi connectivity index (χ0v) is 9.41. The number of nitriles is 2. The van der Waals surface area contributed by atoms with Crippen molar-refractivity contribution >= 4 is 12.6 Å². The summed E-state index contributed by atoms with van der Waals surface area (Å²) < 4.78 is 1.73. The summed E-state index contributed by atoms with van der Waals surface area (Å²) in [5, 5.41) is 17.6. The Balaban J connectivity index is 2.92. The summed E-state index contributed by atoms with van der Waals surface area (Å²) in [7, 11) is 0. The van der Waals surface area contributed by atoms with Gasteiger partial charge in [0.05, 0.1) is 6.33 Å². The molecule has 0 aliphatic rings. The molecule has 1 aromatic heterocycles. The average Bonchev–Trinajstić information content (AvgIpc) is 2.67. The molecular formula is C10H12N4S. The van der Waals surface area contributed by atoms with Gasteiger partial charge in [-0.05, 0) is 11.7 Å². The second-order valence-corrected chi connectivity index (χ2v) is 3.64. The number of rotatable bonds is 4. The molecule has 0 radical (unpaired) electrons. The lowest BCUT2D eigenvalue weighted by atomic mass is 10.1. The normalized spacial score (nSPS) is 11.7. The van der Waals surface area contributed by atoms with E-state index >= 15 is 0 Å². The van der Waals surface area contributed by atoms with Crippen molar-refractivity contribution in [1.82, 2.24) is 9.55 Å². The van der Waals surface area contributed by atoms with Crippen LogP contribution in [0.3, 0.4) is 0 Å². The van der Waals surface area contributed by atoms with Crippen molar-refractivity contribution in [3.8, 4) is 12.1 Å². The summed E-state index contributed by atoms with van der Waals surface area (Å²) in [4.78, 5) is 3.88. The molecule has 15 heavy (non-hydrogen) atoms. The maximum absolute atomic E-state index is 8.90. The minimum atomic E-state index is 0.200. The first-order valence-electron chi connectivity index (χ1n) is 4.73. The second-order valence-electron chi connectivity index (χ2n) is 3.27. The number of thiol groups is 1. The van der Waals surface area contributed by atoms with Gasteiger partial charge in [-0.1, -0.05) is 13.3 Å². The summed E-state index contributed by atoms with van der Waals surface area (Å²) >= 11 is 4.24. The molecule has 1 atom stereocenters. The van der Waals surface area contributed by atoms with Gasteiger partial charge >= 0.3 is 0 Å². The van der Waals surface area contributed by atoms with Crippen molar-refractivity contribution < 1.29 is 0 Å². The quantitative estimate of drug-likeness (QED) is 0.783. The second kappa shape index (κ2) is 5.43. The largest absolute Gasteiger partial charge is 0.321 e. The van der Waals surface area contributed by atoms with Crippen LogP contribution in [0.2, 0.25) is 0 Å². The standard InChI is InChI=1S/C10H12N4S/c1-2-8(6-15)5-14-7-13-9(3-11)10(14)4-12/h7-8,15H,2,5-6H2,1H3. The van der Waals surface area contributed by atoms with E-state index in [0.29, 0.717) is 18.2 Å². The van der Waals surface area contributed by atoms with Crippen molar-refractivity contribution in [3.63, 3.8) is 0 Å². The van der Waals surface area contributed by atoms with Gasteiger partial charge in [0.25, 0.3) is 0 Å². The minimum Gasteiger partial charge on any atom is -0.321 e. The van der Waals surface area contributed by atoms with Crippen LogP contribution in [0.1, 0.15) is 24.7 Å². The zero-order valence-electron chi connectivity index (χ0n) is 8.51. The van der Waals surface area contributed by atoms with Crippen LogP contribution in [0.15, 0.2) is 6.33 Å². The van der Waals surface area contributed by atoms with Crippen molar-refractivity contribution in [3.05, 3.63) is 17.7 Å². The summed E-state index contributed by atoms with van der Waals surface area (Å²) in [5.74, 6) is 1.17. The van der Waals surface area contributed by atoms with Crippen LogP contribution in [0.25, 0.3) is 0 Å². The molecule has 0 aromatic carbocycles. The third-order valence-electron chi connectivity index (χ3n) is 2.34. The third kappa shape index (κ3) is 2.51. The number of hydrogen-bond acceptors (Lipinski definition) is 4. The molecule has 0 saturated carbocycles. The van der Waals surface area contributed by atoms with Gasteiger partial charge in [-0.15, -0.1) is 0 Å². The molecule has 1 aromatic rings. The zero-order chi connectivity index (χ0) is 11.3. The molecule has 0 aliphatic heterocycles. The number of imidazole rings is 1. The highest BCUT2D eigenvalue weighted by molar-refractivity contribution is 7.80. The fourth-order valence-corrected chi connectivity index (χ4v) is 1.69. The number of hydrogen-bond donors (Lipinski definition) is 1. The molecule has 4 nitrogen and oxygen atoms in total. The van der Waals surface area contributed by atoms with Gasteiger partial charge in [0.2, 0.25) is 0 Å². The molecule has 5 heteroatoms. The topological polar surface area (TPSA) is 65.4 Å². The molecule has 1 unspecified atom stereocenters. The minimum absolute atomic E-state index is 0.200. The van der Waals surface area contributed by atoms with E-state index in [2.05, 4.69) is 24.5 Å². The first-order chi connectivity index (χ1) is 7.26. The summed E-state index contributed by atoms with van der Waals surface area (Å²) in [6.45, 7) is 2.77. The Labute approximate surface area is 94.6 Å². The predicted octanol–water partition coefficient (Wildman–Crippen LogP) is 1.58. The highest BCUT2D eigenvalue weighted by atomic mass is 32.1. The van der Waals surface area contributed by atoms with E-state index in [0.717, 1.165) is 12.2 Å². The van der Waals surface area contributed by atoms with Crippen LogP contribution >= 0.6 is 12.6 Å². The van der Waals surface area contributed by atoms with Crippen molar-refractivity contribution in [1.29, 1.82) is 10.5 Å². The van der Waals surface area contributed by atoms with Crippen LogP contribution in [0.5, 0.6) is 0 Å². The lowest BCUT2D eigenvalue weighted by Gasteiger charge is -2.12. The number of nitrogens with zero attached hydrogens (tertiary/aromatic N) is 4. The number of aromatic nitrogens is 2. The van der Waals surface area contributed by atoms with Crippen LogP contribution in [-0.4, -0.2) is 15.3 Å². The van der Waals surface area contributed by atoms with E-state index in [1.54, 1.807) is 10.9 Å². The van der Waals surface area contributed by atoms with Gasteiger partial charge in [0.1, 0.15) is 12.1 Å². The summed E-state index contributed by atoms with van der Waals surface area (Å²) in [6, 6.07) is 3.90. The highest BCUT2D eigenvalue weighted by Crippen LogP contribution is 2.12. The highest BCUT2D eigenvalue weighted by Gasteiger charge is 2.12. The van der Waals surface area contributed by atoms with E-state index in [9.17, 15) is 0 Å². The Kier molecular flexibility index (Phi) is 4.20. The molecule has 0 spiro atoms. The maximum atomic E-state index is 8.90. The maximum Gasteiger partial charge on any atom is 0.176 e. The molecule has 0 aliphatic carbocycles.